The van der Waals surface area contributed by atoms with E-state index in [0.29, 0.717) is 0 Å². The van der Waals surface area contributed by atoms with Crippen molar-refractivity contribution in [1.29, 1.82) is 0 Å². The van der Waals surface area contributed by atoms with E-state index in [2.05, 4.69) is 0 Å². The highest BCUT2D eigenvalue weighted by molar-refractivity contribution is 4.92. The molecular formula is C10H20O7. The lowest BCUT2D eigenvalue weighted by Gasteiger charge is -2.40. The molecule has 0 aromatic heterocycles. The number of hydrogen-bond donors (Lipinski definition) is 6. The first-order chi connectivity index (χ1) is 8.04. The highest BCUT2D eigenvalue weighted by Gasteiger charge is 2.43. The highest BCUT2D eigenvalue weighted by atomic mass is 16.5. The second-order valence-corrected chi connectivity index (χ2v) is 4.33. The molecule has 0 unspecified atom stereocenters. The van der Waals surface area contributed by atoms with Crippen LogP contribution in [0.15, 0.2) is 0 Å². The Morgan fingerprint density at radius 1 is 0.824 bits per heavy atom. The van der Waals surface area contributed by atoms with E-state index < -0.39 is 43.0 Å². The van der Waals surface area contributed by atoms with Crippen LogP contribution in [0.2, 0.25) is 0 Å². The van der Waals surface area contributed by atoms with Crippen molar-refractivity contribution in [3.05, 3.63) is 0 Å². The average Bonchev–Trinajstić information content (AvgIpc) is 2.35. The van der Waals surface area contributed by atoms with Crippen LogP contribution < -0.4 is 0 Å². The largest absolute Gasteiger partial charge is 0.396 e. The molecule has 0 bridgehead atoms. The van der Waals surface area contributed by atoms with Gasteiger partial charge in [-0.05, 0) is 6.42 Å². The van der Waals surface area contributed by atoms with Gasteiger partial charge < -0.3 is 35.4 Å². The van der Waals surface area contributed by atoms with Gasteiger partial charge in [0.1, 0.15) is 24.4 Å². The molecular weight excluding hydrogens is 232 g/mol. The minimum atomic E-state index is -1.41. The quantitative estimate of drug-likeness (QED) is 0.304. The molecule has 5 atom stereocenters. The fourth-order valence-corrected chi connectivity index (χ4v) is 1.91. The van der Waals surface area contributed by atoms with Crippen molar-refractivity contribution in [2.24, 2.45) is 5.92 Å². The number of aliphatic hydroxyl groups excluding tert-OH is 6. The Morgan fingerprint density at radius 2 is 1.35 bits per heavy atom. The molecule has 1 aliphatic heterocycles. The van der Waals surface area contributed by atoms with E-state index in [1.807, 2.05) is 0 Å². The lowest BCUT2D eigenvalue weighted by molar-refractivity contribution is -0.233. The van der Waals surface area contributed by atoms with Crippen LogP contribution in [0.5, 0.6) is 0 Å². The lowest BCUT2D eigenvalue weighted by atomic mass is 9.90. The number of rotatable bonds is 5. The van der Waals surface area contributed by atoms with Gasteiger partial charge in [0.05, 0.1) is 12.7 Å². The van der Waals surface area contributed by atoms with Gasteiger partial charge in [0, 0.05) is 19.1 Å². The summed E-state index contributed by atoms with van der Waals surface area (Å²) in [5.74, 6) is -0.476. The predicted octanol–water partition coefficient (Wildman–Crippen LogP) is -3.18. The summed E-state index contributed by atoms with van der Waals surface area (Å²) in [4.78, 5) is 0. The zero-order valence-corrected chi connectivity index (χ0v) is 9.38. The fourth-order valence-electron chi connectivity index (χ4n) is 1.91. The molecule has 0 aromatic rings. The third-order valence-corrected chi connectivity index (χ3v) is 3.07. The molecule has 6 N–H and O–H groups in total. The van der Waals surface area contributed by atoms with Gasteiger partial charge in [-0.15, -0.1) is 0 Å². The van der Waals surface area contributed by atoms with Crippen molar-refractivity contribution in [2.45, 2.75) is 36.9 Å². The van der Waals surface area contributed by atoms with Crippen molar-refractivity contribution in [2.75, 3.05) is 19.8 Å². The third kappa shape index (κ3) is 3.35. The van der Waals surface area contributed by atoms with Crippen molar-refractivity contribution in [1.82, 2.24) is 0 Å². The molecule has 1 rings (SSSR count). The fraction of sp³-hybridized carbons (Fsp3) is 1.00. The number of ether oxygens (including phenoxy) is 1. The summed E-state index contributed by atoms with van der Waals surface area (Å²) in [5.41, 5.74) is 0. The van der Waals surface area contributed by atoms with Crippen molar-refractivity contribution in [3.63, 3.8) is 0 Å². The van der Waals surface area contributed by atoms with Gasteiger partial charge in [-0.1, -0.05) is 0 Å². The predicted molar refractivity (Wildman–Crippen MR) is 56.0 cm³/mol. The minimum Gasteiger partial charge on any atom is -0.396 e. The maximum absolute atomic E-state index is 9.68. The van der Waals surface area contributed by atoms with E-state index in [-0.39, 0.29) is 19.6 Å². The van der Waals surface area contributed by atoms with Crippen LogP contribution >= 0.6 is 0 Å². The molecule has 0 spiro atoms. The normalized spacial score (nSPS) is 38.6. The summed E-state index contributed by atoms with van der Waals surface area (Å²) in [6, 6.07) is 0. The Hall–Kier alpha value is -0.280. The Bertz CT molecular complexity index is 217. The molecule has 7 nitrogen and oxygen atoms in total. The Kier molecular flexibility index (Phi) is 5.74. The second-order valence-electron chi connectivity index (χ2n) is 4.33. The lowest BCUT2D eigenvalue weighted by Crippen LogP contribution is -2.58. The van der Waals surface area contributed by atoms with Gasteiger partial charge in [0.25, 0.3) is 0 Å². The standard InChI is InChI=1S/C10H20O7/c11-2-5(3-12)1-6-8(14)10(16)9(15)7(4-13)17-6/h5-16H,1-4H2/t6-,7+,8-,9-,10+/m0/s1. The first-order valence-corrected chi connectivity index (χ1v) is 5.57. The smallest absolute Gasteiger partial charge is 0.111 e. The summed E-state index contributed by atoms with van der Waals surface area (Å²) in [7, 11) is 0. The van der Waals surface area contributed by atoms with Gasteiger partial charge in [-0.2, -0.15) is 0 Å². The molecule has 1 saturated heterocycles. The molecule has 1 heterocycles. The Labute approximate surface area is 98.9 Å². The van der Waals surface area contributed by atoms with Crippen LogP contribution in [-0.2, 0) is 4.74 Å². The second kappa shape index (κ2) is 6.60. The van der Waals surface area contributed by atoms with E-state index in [1.54, 1.807) is 0 Å². The molecule has 0 amide bonds. The van der Waals surface area contributed by atoms with Gasteiger partial charge in [0.2, 0.25) is 0 Å². The van der Waals surface area contributed by atoms with Crippen molar-refractivity contribution >= 4 is 0 Å². The maximum Gasteiger partial charge on any atom is 0.111 e. The molecule has 0 radical (unpaired) electrons. The van der Waals surface area contributed by atoms with Crippen molar-refractivity contribution in [3.8, 4) is 0 Å². The highest BCUT2D eigenvalue weighted by Crippen LogP contribution is 2.25. The maximum atomic E-state index is 9.68. The zero-order chi connectivity index (χ0) is 13.0. The molecule has 0 aromatic carbocycles. The zero-order valence-electron chi connectivity index (χ0n) is 9.38. The van der Waals surface area contributed by atoms with Crippen LogP contribution in [0.25, 0.3) is 0 Å². The van der Waals surface area contributed by atoms with Crippen molar-refractivity contribution < 1.29 is 35.4 Å². The first kappa shape index (κ1) is 14.8. The van der Waals surface area contributed by atoms with E-state index in [9.17, 15) is 15.3 Å². The van der Waals surface area contributed by atoms with E-state index in [1.165, 1.54) is 0 Å². The van der Waals surface area contributed by atoms with Crippen LogP contribution in [-0.4, -0.2) is 81.0 Å². The summed E-state index contributed by atoms with van der Waals surface area (Å²) < 4.78 is 5.23. The number of hydrogen-bond acceptors (Lipinski definition) is 7. The van der Waals surface area contributed by atoms with Crippen LogP contribution in [0, 0.1) is 5.92 Å². The van der Waals surface area contributed by atoms with Gasteiger partial charge in [0.15, 0.2) is 0 Å². The van der Waals surface area contributed by atoms with E-state index in [0.717, 1.165) is 0 Å². The molecule has 1 aliphatic rings. The van der Waals surface area contributed by atoms with Crippen LogP contribution in [0.4, 0.5) is 0 Å². The van der Waals surface area contributed by atoms with E-state index in [4.69, 9.17) is 20.1 Å². The Balaban J connectivity index is 2.65. The summed E-state index contributed by atoms with van der Waals surface area (Å²) in [6.45, 7) is -1.03. The molecule has 1 fully saturated rings. The van der Waals surface area contributed by atoms with Crippen LogP contribution in [0.1, 0.15) is 6.42 Å². The topological polar surface area (TPSA) is 131 Å². The number of aliphatic hydroxyl groups is 6. The molecule has 0 saturated carbocycles. The first-order valence-electron chi connectivity index (χ1n) is 5.57. The molecule has 102 valence electrons. The third-order valence-electron chi connectivity index (χ3n) is 3.07. The molecule has 0 aliphatic carbocycles. The summed E-state index contributed by atoms with van der Waals surface area (Å²) in [5, 5.41) is 55.5. The van der Waals surface area contributed by atoms with E-state index >= 15 is 0 Å². The monoisotopic (exact) mass is 252 g/mol. The summed E-state index contributed by atoms with van der Waals surface area (Å²) >= 11 is 0. The SMILES string of the molecule is OCC(CO)C[C@@H]1O[C@H](CO)[C@H](O)[C@H](O)[C@H]1O. The Morgan fingerprint density at radius 3 is 1.82 bits per heavy atom. The molecule has 17 heavy (non-hydrogen) atoms. The van der Waals surface area contributed by atoms with Gasteiger partial charge in [-0.25, -0.2) is 0 Å². The minimum absolute atomic E-state index is 0.133. The summed E-state index contributed by atoms with van der Waals surface area (Å²) in [6.07, 6.45) is -5.76. The van der Waals surface area contributed by atoms with Gasteiger partial charge in [-0.3, -0.25) is 0 Å². The van der Waals surface area contributed by atoms with Gasteiger partial charge >= 0.3 is 0 Å². The average molecular weight is 252 g/mol. The van der Waals surface area contributed by atoms with Crippen LogP contribution in [0.3, 0.4) is 0 Å². The molecule has 7 heteroatoms.